The van der Waals surface area contributed by atoms with Gasteiger partial charge in [-0.25, -0.2) is 18.4 Å². The number of ether oxygens (including phenoxy) is 1. The summed E-state index contributed by atoms with van der Waals surface area (Å²) < 4.78 is 31.2. The van der Waals surface area contributed by atoms with Crippen molar-refractivity contribution >= 4 is 15.7 Å². The molecule has 3 rings (SSSR count). The zero-order valence-electron chi connectivity index (χ0n) is 18.1. The summed E-state index contributed by atoms with van der Waals surface area (Å²) >= 11 is 0. The summed E-state index contributed by atoms with van der Waals surface area (Å²) in [5, 5.41) is 8.88. The van der Waals surface area contributed by atoms with E-state index < -0.39 is 9.84 Å². The third kappa shape index (κ3) is 6.13. The van der Waals surface area contributed by atoms with Crippen molar-refractivity contribution in [3.63, 3.8) is 0 Å². The van der Waals surface area contributed by atoms with Gasteiger partial charge in [0.15, 0.2) is 15.7 Å². The Balaban J connectivity index is 1.98. The number of nitrogens with zero attached hydrogens (tertiary/aromatic N) is 4. The number of hydrogen-bond donors (Lipinski definition) is 0. The SMILES string of the molecule is C=C/C=C\C=C(/C)S(=O)(=O)Cc1cc(N2CCOCC2)nc(-c2ccc(CC#N)cc2)n1. The monoisotopic (exact) mass is 450 g/mol. The highest BCUT2D eigenvalue weighted by molar-refractivity contribution is 7.94. The van der Waals surface area contributed by atoms with E-state index in [2.05, 4.69) is 22.5 Å². The fourth-order valence-corrected chi connectivity index (χ4v) is 4.24. The number of anilines is 1. The van der Waals surface area contributed by atoms with Gasteiger partial charge in [0.1, 0.15) is 5.82 Å². The van der Waals surface area contributed by atoms with Crippen molar-refractivity contribution in [3.8, 4) is 17.5 Å². The van der Waals surface area contributed by atoms with Crippen LogP contribution in [0.25, 0.3) is 11.4 Å². The molecule has 7 nitrogen and oxygen atoms in total. The molecule has 0 radical (unpaired) electrons. The van der Waals surface area contributed by atoms with Crippen LogP contribution in [0.3, 0.4) is 0 Å². The maximum Gasteiger partial charge on any atom is 0.179 e. The molecule has 0 aliphatic carbocycles. The van der Waals surface area contributed by atoms with Gasteiger partial charge >= 0.3 is 0 Å². The van der Waals surface area contributed by atoms with Gasteiger partial charge in [-0.15, -0.1) is 0 Å². The Kier molecular flexibility index (Phi) is 7.92. The second kappa shape index (κ2) is 10.8. The van der Waals surface area contributed by atoms with Crippen molar-refractivity contribution in [1.82, 2.24) is 9.97 Å². The summed E-state index contributed by atoms with van der Waals surface area (Å²) in [4.78, 5) is 11.6. The van der Waals surface area contributed by atoms with Crippen LogP contribution in [-0.2, 0) is 26.7 Å². The van der Waals surface area contributed by atoms with E-state index in [9.17, 15) is 8.42 Å². The summed E-state index contributed by atoms with van der Waals surface area (Å²) in [5.41, 5.74) is 2.09. The minimum absolute atomic E-state index is 0.226. The van der Waals surface area contributed by atoms with Gasteiger partial charge in [-0.2, -0.15) is 5.26 Å². The third-order valence-electron chi connectivity index (χ3n) is 5.00. The summed E-state index contributed by atoms with van der Waals surface area (Å²) in [7, 11) is -3.55. The standard InChI is InChI=1S/C24H26N4O3S/c1-3-4-5-6-19(2)32(29,30)18-22-17-23(28-13-15-31-16-14-28)27-24(26-22)21-9-7-20(8-10-21)11-12-25/h3-10,17H,1,11,13-16,18H2,2H3/b5-4-,19-6+. The number of nitriles is 1. The summed E-state index contributed by atoms with van der Waals surface area (Å²) in [5.74, 6) is 0.907. The molecule has 8 heteroatoms. The van der Waals surface area contributed by atoms with Crippen LogP contribution < -0.4 is 4.90 Å². The van der Waals surface area contributed by atoms with Crippen LogP contribution in [0.1, 0.15) is 18.2 Å². The highest BCUT2D eigenvalue weighted by Gasteiger charge is 2.20. The predicted octanol–water partition coefficient (Wildman–Crippen LogP) is 3.61. The van der Waals surface area contributed by atoms with Gasteiger partial charge in [-0.1, -0.05) is 49.1 Å². The number of morpholine rings is 1. The Morgan fingerprint density at radius 1 is 1.22 bits per heavy atom. The molecule has 0 spiro atoms. The Morgan fingerprint density at radius 3 is 2.59 bits per heavy atom. The van der Waals surface area contributed by atoms with E-state index in [1.807, 2.05) is 24.3 Å². The number of aromatic nitrogens is 2. The maximum absolute atomic E-state index is 12.9. The van der Waals surface area contributed by atoms with Gasteiger partial charge in [0, 0.05) is 29.6 Å². The smallest absolute Gasteiger partial charge is 0.179 e. The van der Waals surface area contributed by atoms with Crippen molar-refractivity contribution in [2.45, 2.75) is 19.1 Å². The van der Waals surface area contributed by atoms with Crippen LogP contribution in [0, 0.1) is 11.3 Å². The third-order valence-corrected chi connectivity index (χ3v) is 6.80. The van der Waals surface area contributed by atoms with Crippen LogP contribution in [0.2, 0.25) is 0 Å². The van der Waals surface area contributed by atoms with Crippen molar-refractivity contribution in [1.29, 1.82) is 5.26 Å². The van der Waals surface area contributed by atoms with E-state index in [1.165, 1.54) is 0 Å². The molecule has 1 saturated heterocycles. The lowest BCUT2D eigenvalue weighted by molar-refractivity contribution is 0.122. The first-order valence-electron chi connectivity index (χ1n) is 10.3. The number of benzene rings is 1. The second-order valence-electron chi connectivity index (χ2n) is 7.33. The first kappa shape index (κ1) is 23.4. The molecular weight excluding hydrogens is 424 g/mol. The first-order valence-corrected chi connectivity index (χ1v) is 11.9. The van der Waals surface area contributed by atoms with E-state index in [-0.39, 0.29) is 10.7 Å². The lowest BCUT2D eigenvalue weighted by Crippen LogP contribution is -2.37. The van der Waals surface area contributed by atoms with Gasteiger partial charge < -0.3 is 9.64 Å². The molecule has 1 aromatic carbocycles. The molecule has 0 atom stereocenters. The minimum atomic E-state index is -3.55. The predicted molar refractivity (Wildman–Crippen MR) is 126 cm³/mol. The normalized spacial score (nSPS) is 15.0. The molecule has 1 aromatic heterocycles. The van der Waals surface area contributed by atoms with Crippen LogP contribution in [0.15, 0.2) is 66.1 Å². The molecule has 0 amide bonds. The highest BCUT2D eigenvalue weighted by atomic mass is 32.2. The summed E-state index contributed by atoms with van der Waals surface area (Å²) in [6, 6.07) is 11.3. The van der Waals surface area contributed by atoms with Crippen LogP contribution in [0.5, 0.6) is 0 Å². The average Bonchev–Trinajstić information content (AvgIpc) is 2.80. The summed E-state index contributed by atoms with van der Waals surface area (Å²) in [6.45, 7) is 7.69. The molecule has 0 bridgehead atoms. The molecule has 1 aliphatic heterocycles. The molecule has 2 heterocycles. The van der Waals surface area contributed by atoms with Crippen molar-refractivity contribution in [2.75, 3.05) is 31.2 Å². The minimum Gasteiger partial charge on any atom is -0.378 e. The number of sulfone groups is 1. The van der Waals surface area contributed by atoms with Crippen molar-refractivity contribution in [2.24, 2.45) is 0 Å². The van der Waals surface area contributed by atoms with E-state index >= 15 is 0 Å². The van der Waals surface area contributed by atoms with Gasteiger partial charge in [0.2, 0.25) is 0 Å². The molecular formula is C24H26N4O3S. The summed E-state index contributed by atoms with van der Waals surface area (Å²) in [6.07, 6.45) is 6.78. The fourth-order valence-electron chi connectivity index (χ4n) is 3.19. The second-order valence-corrected chi connectivity index (χ2v) is 9.49. The molecule has 166 valence electrons. The van der Waals surface area contributed by atoms with Gasteiger partial charge in [-0.3, -0.25) is 0 Å². The highest BCUT2D eigenvalue weighted by Crippen LogP contribution is 2.24. The van der Waals surface area contributed by atoms with Gasteiger partial charge in [0.05, 0.1) is 37.2 Å². The van der Waals surface area contributed by atoms with Gasteiger partial charge in [-0.05, 0) is 18.6 Å². The van der Waals surface area contributed by atoms with E-state index in [1.54, 1.807) is 37.3 Å². The molecule has 0 N–H and O–H groups in total. The van der Waals surface area contributed by atoms with Crippen molar-refractivity contribution in [3.05, 3.63) is 77.4 Å². The quantitative estimate of drug-likeness (QED) is 0.567. The van der Waals surface area contributed by atoms with E-state index in [0.29, 0.717) is 50.1 Å². The number of allylic oxidation sites excluding steroid dienone is 5. The Morgan fingerprint density at radius 2 is 1.94 bits per heavy atom. The van der Waals surface area contributed by atoms with Crippen LogP contribution >= 0.6 is 0 Å². The zero-order valence-corrected chi connectivity index (χ0v) is 18.9. The first-order chi connectivity index (χ1) is 15.4. The Bertz CT molecular complexity index is 1160. The largest absolute Gasteiger partial charge is 0.378 e. The van der Waals surface area contributed by atoms with E-state index in [4.69, 9.17) is 15.0 Å². The van der Waals surface area contributed by atoms with Crippen LogP contribution in [0.4, 0.5) is 5.82 Å². The maximum atomic E-state index is 12.9. The van der Waals surface area contributed by atoms with Crippen molar-refractivity contribution < 1.29 is 13.2 Å². The zero-order chi connectivity index (χ0) is 23.0. The molecule has 0 unspecified atom stereocenters. The van der Waals surface area contributed by atoms with E-state index in [0.717, 1.165) is 11.1 Å². The Hall–Kier alpha value is -3.28. The lowest BCUT2D eigenvalue weighted by Gasteiger charge is -2.28. The molecule has 32 heavy (non-hydrogen) atoms. The lowest BCUT2D eigenvalue weighted by atomic mass is 10.1. The van der Waals surface area contributed by atoms with Crippen LogP contribution in [-0.4, -0.2) is 44.7 Å². The topological polar surface area (TPSA) is 96.2 Å². The molecule has 0 saturated carbocycles. The molecule has 1 fully saturated rings. The Labute approximate surface area is 189 Å². The number of rotatable bonds is 8. The molecule has 2 aromatic rings. The average molecular weight is 451 g/mol. The van der Waals surface area contributed by atoms with Gasteiger partial charge in [0.25, 0.3) is 0 Å². The number of hydrogen-bond acceptors (Lipinski definition) is 7. The molecule has 1 aliphatic rings. The fraction of sp³-hybridized carbons (Fsp3) is 0.292.